The molecule has 1 saturated heterocycles. The first-order valence-electron chi connectivity index (χ1n) is 9.57. The van der Waals surface area contributed by atoms with Crippen LogP contribution in [0.25, 0.3) is 0 Å². The van der Waals surface area contributed by atoms with Crippen molar-refractivity contribution < 1.29 is 19.4 Å². The molecule has 1 aliphatic rings. The summed E-state index contributed by atoms with van der Waals surface area (Å²) in [6.07, 6.45) is 1.01. The molecular formula is C22H26N2O4. The highest BCUT2D eigenvalue weighted by molar-refractivity contribution is 5.75. The number of benzene rings is 2. The molecule has 0 atom stereocenters. The zero-order valence-corrected chi connectivity index (χ0v) is 15.8. The molecule has 0 aromatic heterocycles. The smallest absolute Gasteiger partial charge is 0.317 e. The van der Waals surface area contributed by atoms with Crippen LogP contribution in [0, 0.1) is 5.92 Å². The molecule has 2 N–H and O–H groups in total. The predicted molar refractivity (Wildman–Crippen MR) is 106 cm³/mol. The number of carboxylic acids is 1. The summed E-state index contributed by atoms with van der Waals surface area (Å²) >= 11 is 0. The molecule has 148 valence electrons. The monoisotopic (exact) mass is 382 g/mol. The van der Waals surface area contributed by atoms with E-state index in [1.54, 1.807) is 4.90 Å². The van der Waals surface area contributed by atoms with Crippen molar-refractivity contribution in [3.8, 4) is 0 Å². The Hall–Kier alpha value is -2.86. The summed E-state index contributed by atoms with van der Waals surface area (Å²) in [5.74, 6) is -1.11. The van der Waals surface area contributed by atoms with Crippen LogP contribution in [0.3, 0.4) is 0 Å². The lowest BCUT2D eigenvalue weighted by atomic mass is 9.97. The van der Waals surface area contributed by atoms with Crippen LogP contribution in [0.15, 0.2) is 54.6 Å². The van der Waals surface area contributed by atoms with Gasteiger partial charge in [0.05, 0.1) is 19.1 Å². The van der Waals surface area contributed by atoms with Crippen LogP contribution in [0.5, 0.6) is 0 Å². The molecule has 1 aliphatic heterocycles. The topological polar surface area (TPSA) is 78.9 Å². The van der Waals surface area contributed by atoms with Gasteiger partial charge in [-0.1, -0.05) is 54.6 Å². The minimum Gasteiger partial charge on any atom is -0.481 e. The number of rotatable bonds is 7. The third-order valence-electron chi connectivity index (χ3n) is 5.05. The summed E-state index contributed by atoms with van der Waals surface area (Å²) < 4.78 is 5.83. The summed E-state index contributed by atoms with van der Waals surface area (Å²) in [6.45, 7) is 2.39. The van der Waals surface area contributed by atoms with Gasteiger partial charge in [0.25, 0.3) is 0 Å². The van der Waals surface area contributed by atoms with Crippen molar-refractivity contribution in [2.24, 2.45) is 5.92 Å². The Bertz CT molecular complexity index is 786. The number of hydrogen-bond acceptors (Lipinski definition) is 3. The van der Waals surface area contributed by atoms with Crippen LogP contribution in [0.4, 0.5) is 4.79 Å². The third kappa shape index (κ3) is 5.57. The van der Waals surface area contributed by atoms with E-state index in [4.69, 9.17) is 9.84 Å². The highest BCUT2D eigenvalue weighted by Crippen LogP contribution is 2.17. The Morgan fingerprint density at radius 3 is 2.29 bits per heavy atom. The Labute approximate surface area is 165 Å². The lowest BCUT2D eigenvalue weighted by Gasteiger charge is -2.30. The van der Waals surface area contributed by atoms with E-state index in [9.17, 15) is 9.59 Å². The molecule has 2 aromatic carbocycles. The minimum atomic E-state index is -0.774. The van der Waals surface area contributed by atoms with Crippen molar-refractivity contribution in [2.75, 3.05) is 13.1 Å². The van der Waals surface area contributed by atoms with Gasteiger partial charge in [0.15, 0.2) is 0 Å². The Kier molecular flexibility index (Phi) is 7.03. The van der Waals surface area contributed by atoms with Gasteiger partial charge in [-0.05, 0) is 29.5 Å². The first-order chi connectivity index (χ1) is 13.6. The number of likely N-dealkylation sites (tertiary alicyclic amines) is 1. The normalized spacial score (nSPS) is 14.6. The van der Waals surface area contributed by atoms with E-state index >= 15 is 0 Å². The molecule has 1 fully saturated rings. The van der Waals surface area contributed by atoms with E-state index in [2.05, 4.69) is 5.32 Å². The zero-order valence-electron chi connectivity index (χ0n) is 15.8. The lowest BCUT2D eigenvalue weighted by Crippen LogP contribution is -2.45. The predicted octanol–water partition coefficient (Wildman–Crippen LogP) is 3.41. The van der Waals surface area contributed by atoms with Crippen LogP contribution in [-0.2, 0) is 29.3 Å². The molecule has 0 spiro atoms. The number of carbonyl (C=O) groups is 2. The minimum absolute atomic E-state index is 0.149. The van der Waals surface area contributed by atoms with Crippen molar-refractivity contribution in [1.82, 2.24) is 10.2 Å². The number of piperidine rings is 1. The number of ether oxygens (including phenoxy) is 1. The van der Waals surface area contributed by atoms with E-state index in [1.165, 1.54) is 0 Å². The molecule has 6 heteroatoms. The molecule has 0 radical (unpaired) electrons. The maximum Gasteiger partial charge on any atom is 0.317 e. The number of amides is 2. The Morgan fingerprint density at radius 2 is 1.61 bits per heavy atom. The molecule has 0 bridgehead atoms. The highest BCUT2D eigenvalue weighted by Gasteiger charge is 2.26. The molecule has 3 rings (SSSR count). The standard InChI is InChI=1S/C22H26N2O4/c25-21(26)18-10-12-24(13-11-18)22(27)23-14-19-8-4-5-9-20(19)16-28-15-17-6-2-1-3-7-17/h1-9,18H,10-16H2,(H,23,27)(H,25,26). The average Bonchev–Trinajstić information content (AvgIpc) is 2.73. The zero-order chi connectivity index (χ0) is 19.8. The molecular weight excluding hydrogens is 356 g/mol. The molecule has 2 aromatic rings. The van der Waals surface area contributed by atoms with E-state index < -0.39 is 5.97 Å². The van der Waals surface area contributed by atoms with Crippen LogP contribution in [0.1, 0.15) is 29.5 Å². The van der Waals surface area contributed by atoms with Gasteiger partial charge >= 0.3 is 12.0 Å². The van der Waals surface area contributed by atoms with E-state index in [-0.39, 0.29) is 11.9 Å². The van der Waals surface area contributed by atoms with Gasteiger partial charge < -0.3 is 20.1 Å². The molecule has 0 unspecified atom stereocenters. The highest BCUT2D eigenvalue weighted by atomic mass is 16.5. The number of nitrogens with one attached hydrogen (secondary N) is 1. The van der Waals surface area contributed by atoms with Gasteiger partial charge in [-0.15, -0.1) is 0 Å². The summed E-state index contributed by atoms with van der Waals surface area (Å²) in [5.41, 5.74) is 3.19. The number of nitrogens with zero attached hydrogens (tertiary/aromatic N) is 1. The third-order valence-corrected chi connectivity index (χ3v) is 5.05. The van der Waals surface area contributed by atoms with Gasteiger partial charge in [-0.25, -0.2) is 4.79 Å². The fourth-order valence-corrected chi connectivity index (χ4v) is 3.34. The fraction of sp³-hybridized carbons (Fsp3) is 0.364. The van der Waals surface area contributed by atoms with Crippen LogP contribution >= 0.6 is 0 Å². The average molecular weight is 382 g/mol. The number of aliphatic carboxylic acids is 1. The first-order valence-corrected chi connectivity index (χ1v) is 9.57. The van der Waals surface area contributed by atoms with E-state index in [1.807, 2.05) is 54.6 Å². The summed E-state index contributed by atoms with van der Waals surface area (Å²) in [7, 11) is 0. The fourth-order valence-electron chi connectivity index (χ4n) is 3.34. The second-order valence-corrected chi connectivity index (χ2v) is 7.01. The number of carbonyl (C=O) groups excluding carboxylic acids is 1. The molecule has 6 nitrogen and oxygen atoms in total. The van der Waals surface area contributed by atoms with E-state index in [0.717, 1.165) is 16.7 Å². The molecule has 0 aliphatic carbocycles. The maximum atomic E-state index is 12.4. The molecule has 0 saturated carbocycles. The summed E-state index contributed by atoms with van der Waals surface area (Å²) in [4.78, 5) is 25.1. The Morgan fingerprint density at radius 1 is 0.964 bits per heavy atom. The summed E-state index contributed by atoms with van der Waals surface area (Å²) in [5, 5.41) is 12.0. The van der Waals surface area contributed by atoms with Crippen molar-refractivity contribution in [2.45, 2.75) is 32.6 Å². The van der Waals surface area contributed by atoms with Crippen LogP contribution in [0.2, 0.25) is 0 Å². The molecule has 2 amide bonds. The molecule has 28 heavy (non-hydrogen) atoms. The second-order valence-electron chi connectivity index (χ2n) is 7.01. The van der Waals surface area contributed by atoms with Crippen molar-refractivity contribution in [3.63, 3.8) is 0 Å². The maximum absolute atomic E-state index is 12.4. The van der Waals surface area contributed by atoms with Crippen molar-refractivity contribution in [1.29, 1.82) is 0 Å². The number of carboxylic acid groups (broad SMARTS) is 1. The van der Waals surface area contributed by atoms with Gasteiger partial charge in [0.1, 0.15) is 0 Å². The summed E-state index contributed by atoms with van der Waals surface area (Å²) in [6, 6.07) is 17.8. The van der Waals surface area contributed by atoms with Crippen molar-refractivity contribution in [3.05, 3.63) is 71.3 Å². The first kappa shape index (κ1) is 19.9. The SMILES string of the molecule is O=C(O)C1CCN(C(=O)NCc2ccccc2COCc2ccccc2)CC1. The number of hydrogen-bond donors (Lipinski definition) is 2. The van der Waals surface area contributed by atoms with Gasteiger partial charge in [-0.2, -0.15) is 0 Å². The van der Waals surface area contributed by atoms with Crippen LogP contribution in [-0.4, -0.2) is 35.1 Å². The largest absolute Gasteiger partial charge is 0.481 e. The second kappa shape index (κ2) is 9.90. The van der Waals surface area contributed by atoms with Gasteiger partial charge in [-0.3, -0.25) is 4.79 Å². The lowest BCUT2D eigenvalue weighted by molar-refractivity contribution is -0.143. The quantitative estimate of drug-likeness (QED) is 0.769. The van der Waals surface area contributed by atoms with Gasteiger partial charge in [0, 0.05) is 19.6 Å². The van der Waals surface area contributed by atoms with E-state index in [0.29, 0.717) is 45.7 Å². The number of urea groups is 1. The van der Waals surface area contributed by atoms with Crippen molar-refractivity contribution >= 4 is 12.0 Å². The Balaban J connectivity index is 1.48. The molecule has 1 heterocycles. The van der Waals surface area contributed by atoms with Gasteiger partial charge in [0.2, 0.25) is 0 Å². The van der Waals surface area contributed by atoms with Crippen LogP contribution < -0.4 is 5.32 Å².